The molecule has 0 saturated carbocycles. The summed E-state index contributed by atoms with van der Waals surface area (Å²) in [6.45, 7) is 1.82. The quantitative estimate of drug-likeness (QED) is 0.413. The van der Waals surface area contributed by atoms with Crippen molar-refractivity contribution >= 4 is 55.8 Å². The van der Waals surface area contributed by atoms with Gasteiger partial charge in [-0.3, -0.25) is 4.79 Å². The first-order valence-corrected chi connectivity index (χ1v) is 12.1. The molecule has 5 nitrogen and oxygen atoms in total. The van der Waals surface area contributed by atoms with Gasteiger partial charge in [0.05, 0.1) is 4.90 Å². The summed E-state index contributed by atoms with van der Waals surface area (Å²) in [5, 5.41) is 3.38. The van der Waals surface area contributed by atoms with E-state index in [-0.39, 0.29) is 11.3 Å². The fraction of sp³-hybridized carbons (Fsp3) is 0.136. The number of sulfonamides is 1. The Morgan fingerprint density at radius 1 is 1.03 bits per heavy atom. The zero-order valence-corrected chi connectivity index (χ0v) is 19.8. The number of anilines is 1. The molecule has 0 aliphatic carbocycles. The van der Waals surface area contributed by atoms with Crippen LogP contribution in [0.25, 0.3) is 0 Å². The summed E-state index contributed by atoms with van der Waals surface area (Å²) in [4.78, 5) is 13.2. The lowest BCUT2D eigenvalue weighted by Gasteiger charge is -2.19. The van der Waals surface area contributed by atoms with Crippen molar-refractivity contribution in [3.05, 3.63) is 92.5 Å². The minimum atomic E-state index is -3.89. The van der Waals surface area contributed by atoms with E-state index in [1.54, 1.807) is 30.3 Å². The maximum Gasteiger partial charge on any atom is 0.242 e. The van der Waals surface area contributed by atoms with E-state index >= 15 is 0 Å². The standard InChI is InChI=1S/C22H20ClIN2O3S/c1-15-13-17(23)7-12-20(15)25-22(27)21(14-16-5-3-2-4-6-16)26-30(28,29)19-10-8-18(24)9-11-19/h2-13,21,26H,14H2,1H3,(H,25,27)/t21-/m0/s1. The minimum absolute atomic E-state index is 0.108. The number of rotatable bonds is 7. The van der Waals surface area contributed by atoms with Gasteiger partial charge in [0, 0.05) is 14.3 Å². The molecule has 0 aliphatic heterocycles. The van der Waals surface area contributed by atoms with E-state index in [1.165, 1.54) is 12.1 Å². The van der Waals surface area contributed by atoms with Gasteiger partial charge in [0.2, 0.25) is 15.9 Å². The lowest BCUT2D eigenvalue weighted by Crippen LogP contribution is -2.45. The van der Waals surface area contributed by atoms with Crippen LogP contribution in [-0.4, -0.2) is 20.4 Å². The van der Waals surface area contributed by atoms with Crippen LogP contribution in [0.3, 0.4) is 0 Å². The summed E-state index contributed by atoms with van der Waals surface area (Å²) in [6.07, 6.45) is 0.211. The Balaban J connectivity index is 1.87. The molecule has 0 aliphatic rings. The van der Waals surface area contributed by atoms with Gasteiger partial charge >= 0.3 is 0 Å². The number of aryl methyl sites for hydroxylation is 1. The number of amides is 1. The first-order chi connectivity index (χ1) is 14.2. The number of nitrogens with one attached hydrogen (secondary N) is 2. The molecule has 0 aromatic heterocycles. The number of halogens is 2. The number of hydrogen-bond acceptors (Lipinski definition) is 3. The highest BCUT2D eigenvalue weighted by Crippen LogP contribution is 2.20. The molecule has 2 N–H and O–H groups in total. The molecule has 3 rings (SSSR count). The van der Waals surface area contributed by atoms with Crippen LogP contribution in [0.1, 0.15) is 11.1 Å². The van der Waals surface area contributed by atoms with Crippen molar-refractivity contribution in [2.45, 2.75) is 24.3 Å². The van der Waals surface area contributed by atoms with E-state index in [4.69, 9.17) is 11.6 Å². The second kappa shape index (κ2) is 9.91. The molecule has 3 aromatic rings. The largest absolute Gasteiger partial charge is 0.324 e. The van der Waals surface area contributed by atoms with Gasteiger partial charge < -0.3 is 5.32 Å². The van der Waals surface area contributed by atoms with Gasteiger partial charge in [0.25, 0.3) is 0 Å². The van der Waals surface area contributed by atoms with Crippen molar-refractivity contribution in [1.82, 2.24) is 4.72 Å². The van der Waals surface area contributed by atoms with Crippen molar-refractivity contribution in [3.8, 4) is 0 Å². The van der Waals surface area contributed by atoms with Gasteiger partial charge in [0.1, 0.15) is 6.04 Å². The molecule has 30 heavy (non-hydrogen) atoms. The average Bonchev–Trinajstić information content (AvgIpc) is 2.70. The van der Waals surface area contributed by atoms with Crippen LogP contribution < -0.4 is 10.0 Å². The molecule has 0 spiro atoms. The Kier molecular flexibility index (Phi) is 7.51. The normalized spacial score (nSPS) is 12.4. The maximum absolute atomic E-state index is 13.0. The molecule has 0 fully saturated rings. The second-order valence-electron chi connectivity index (χ2n) is 6.77. The van der Waals surface area contributed by atoms with Gasteiger partial charge in [-0.25, -0.2) is 8.42 Å². The Hall–Kier alpha value is -1.94. The molecule has 156 valence electrons. The highest BCUT2D eigenvalue weighted by Gasteiger charge is 2.26. The van der Waals surface area contributed by atoms with E-state index in [9.17, 15) is 13.2 Å². The van der Waals surface area contributed by atoms with E-state index in [0.29, 0.717) is 10.7 Å². The van der Waals surface area contributed by atoms with Gasteiger partial charge in [-0.15, -0.1) is 0 Å². The lowest BCUT2D eigenvalue weighted by molar-refractivity contribution is -0.117. The second-order valence-corrected chi connectivity index (χ2v) is 10.2. The molecule has 0 radical (unpaired) electrons. The summed E-state index contributed by atoms with van der Waals surface area (Å²) in [5.74, 6) is -0.446. The summed E-state index contributed by atoms with van der Waals surface area (Å²) in [7, 11) is -3.89. The van der Waals surface area contributed by atoms with Crippen molar-refractivity contribution in [1.29, 1.82) is 0 Å². The predicted octanol–water partition coefficient (Wildman–Crippen LogP) is 4.78. The third kappa shape index (κ3) is 6.04. The molecular weight excluding hydrogens is 535 g/mol. The number of benzene rings is 3. The molecule has 8 heteroatoms. The zero-order valence-electron chi connectivity index (χ0n) is 16.1. The van der Waals surface area contributed by atoms with Crippen LogP contribution in [0.15, 0.2) is 77.7 Å². The smallest absolute Gasteiger partial charge is 0.242 e. The van der Waals surface area contributed by atoms with E-state index in [1.807, 2.05) is 37.3 Å². The molecule has 0 heterocycles. The summed E-state index contributed by atoms with van der Waals surface area (Å²) < 4.78 is 29.3. The Bertz CT molecular complexity index is 1140. The number of carbonyl (C=O) groups is 1. The first-order valence-electron chi connectivity index (χ1n) is 9.13. The Morgan fingerprint density at radius 3 is 2.33 bits per heavy atom. The topological polar surface area (TPSA) is 75.3 Å². The van der Waals surface area contributed by atoms with Gasteiger partial charge in [0.15, 0.2) is 0 Å². The van der Waals surface area contributed by atoms with Crippen molar-refractivity contribution in [2.75, 3.05) is 5.32 Å². The molecule has 0 bridgehead atoms. The van der Waals surface area contributed by atoms with Crippen LogP contribution in [0, 0.1) is 10.5 Å². The summed E-state index contributed by atoms with van der Waals surface area (Å²) in [5.41, 5.74) is 2.21. The number of hydrogen-bond donors (Lipinski definition) is 2. The third-order valence-electron chi connectivity index (χ3n) is 4.47. The molecule has 0 saturated heterocycles. The first kappa shape index (κ1) is 22.7. The van der Waals surface area contributed by atoms with Crippen molar-refractivity contribution in [3.63, 3.8) is 0 Å². The monoisotopic (exact) mass is 554 g/mol. The number of carbonyl (C=O) groups excluding carboxylic acids is 1. The fourth-order valence-electron chi connectivity index (χ4n) is 2.89. The van der Waals surface area contributed by atoms with Crippen LogP contribution in [0.5, 0.6) is 0 Å². The van der Waals surface area contributed by atoms with E-state index in [2.05, 4.69) is 32.6 Å². The molecule has 1 atom stereocenters. The molecule has 1 amide bonds. The van der Waals surface area contributed by atoms with Crippen LogP contribution in [0.4, 0.5) is 5.69 Å². The van der Waals surface area contributed by atoms with E-state index < -0.39 is 22.0 Å². The Labute approximate surface area is 195 Å². The van der Waals surface area contributed by atoms with Crippen LogP contribution >= 0.6 is 34.2 Å². The SMILES string of the molecule is Cc1cc(Cl)ccc1NC(=O)[C@H](Cc1ccccc1)NS(=O)(=O)c1ccc(I)cc1. The van der Waals surface area contributed by atoms with Crippen LogP contribution in [-0.2, 0) is 21.2 Å². The fourth-order valence-corrected chi connectivity index (χ4v) is 4.68. The lowest BCUT2D eigenvalue weighted by atomic mass is 10.1. The van der Waals surface area contributed by atoms with Crippen LogP contribution in [0.2, 0.25) is 5.02 Å². The highest BCUT2D eigenvalue weighted by molar-refractivity contribution is 14.1. The van der Waals surface area contributed by atoms with Crippen molar-refractivity contribution < 1.29 is 13.2 Å². The maximum atomic E-state index is 13.0. The highest BCUT2D eigenvalue weighted by atomic mass is 127. The minimum Gasteiger partial charge on any atom is -0.324 e. The predicted molar refractivity (Wildman–Crippen MR) is 128 cm³/mol. The van der Waals surface area contributed by atoms with Crippen molar-refractivity contribution in [2.24, 2.45) is 0 Å². The molecule has 3 aromatic carbocycles. The summed E-state index contributed by atoms with van der Waals surface area (Å²) >= 11 is 8.09. The van der Waals surface area contributed by atoms with Gasteiger partial charge in [-0.1, -0.05) is 41.9 Å². The molecule has 0 unspecified atom stereocenters. The van der Waals surface area contributed by atoms with E-state index in [0.717, 1.165) is 14.7 Å². The zero-order chi connectivity index (χ0) is 21.7. The average molecular weight is 555 g/mol. The Morgan fingerprint density at radius 2 is 1.70 bits per heavy atom. The van der Waals surface area contributed by atoms with Gasteiger partial charge in [-0.2, -0.15) is 4.72 Å². The third-order valence-corrected chi connectivity index (χ3v) is 6.91. The molecular formula is C22H20ClIN2O3S. The van der Waals surface area contributed by atoms with Gasteiger partial charge in [-0.05, 0) is 89.5 Å². The summed E-state index contributed by atoms with van der Waals surface area (Å²) in [6, 6.07) is 19.8.